The van der Waals surface area contributed by atoms with E-state index in [-0.39, 0.29) is 25.7 Å². The molecule has 1 amide bonds. The van der Waals surface area contributed by atoms with E-state index in [2.05, 4.69) is 5.32 Å². The number of nitrogens with zero attached hydrogens (tertiary/aromatic N) is 1. The molecule has 0 unspecified atom stereocenters. The van der Waals surface area contributed by atoms with Gasteiger partial charge < -0.3 is 15.2 Å². The topological polar surface area (TPSA) is 78.9 Å². The highest BCUT2D eigenvalue weighted by Gasteiger charge is 2.13. The molecule has 0 radical (unpaired) electrons. The number of halogens is 1. The molecule has 0 bridgehead atoms. The minimum absolute atomic E-state index is 0.0667. The Bertz CT molecular complexity index is 436. The van der Waals surface area contributed by atoms with Crippen molar-refractivity contribution in [1.29, 1.82) is 0 Å². The van der Waals surface area contributed by atoms with Crippen LogP contribution in [0.15, 0.2) is 24.3 Å². The van der Waals surface area contributed by atoms with Gasteiger partial charge in [0.05, 0.1) is 19.8 Å². The van der Waals surface area contributed by atoms with E-state index < -0.39 is 5.97 Å². The number of carbonyl (C=O) groups is 2. The highest BCUT2D eigenvalue weighted by molar-refractivity contribution is 6.30. The van der Waals surface area contributed by atoms with Crippen LogP contribution in [-0.2, 0) is 14.3 Å². The third-order valence-electron chi connectivity index (χ3n) is 2.17. The summed E-state index contributed by atoms with van der Waals surface area (Å²) in [5.74, 6) is -1.34. The number of hydrogen-bond donors (Lipinski definition) is 2. The summed E-state index contributed by atoms with van der Waals surface area (Å²) in [6.07, 6.45) is 0. The molecule has 6 nitrogen and oxygen atoms in total. The second-order valence-corrected chi connectivity index (χ2v) is 4.29. The third kappa shape index (κ3) is 6.19. The molecule has 0 aliphatic heterocycles. The van der Waals surface area contributed by atoms with Crippen LogP contribution < -0.4 is 5.32 Å². The molecule has 0 fully saturated rings. The average Bonchev–Trinajstić information content (AvgIpc) is 2.31. The van der Waals surface area contributed by atoms with Crippen LogP contribution in [-0.4, -0.2) is 48.8 Å². The van der Waals surface area contributed by atoms with Gasteiger partial charge in [-0.05, 0) is 24.3 Å². The van der Waals surface area contributed by atoms with Gasteiger partial charge >= 0.3 is 5.97 Å². The summed E-state index contributed by atoms with van der Waals surface area (Å²) >= 11 is 5.73. The van der Waals surface area contributed by atoms with Crippen molar-refractivity contribution >= 4 is 29.2 Å². The van der Waals surface area contributed by atoms with E-state index in [4.69, 9.17) is 21.4 Å². The number of rotatable bonds is 7. The van der Waals surface area contributed by atoms with E-state index in [1.54, 1.807) is 24.3 Å². The number of hydrogen-bond acceptors (Lipinski definition) is 4. The number of carbonyl (C=O) groups excluding carboxylic acids is 1. The summed E-state index contributed by atoms with van der Waals surface area (Å²) in [5, 5.41) is 11.9. The summed E-state index contributed by atoms with van der Waals surface area (Å²) < 4.78 is 4.84. The van der Waals surface area contributed by atoms with E-state index >= 15 is 0 Å². The van der Waals surface area contributed by atoms with Crippen LogP contribution >= 0.6 is 11.6 Å². The molecule has 0 atom stereocenters. The minimum atomic E-state index is -1.02. The molecule has 104 valence electrons. The van der Waals surface area contributed by atoms with Gasteiger partial charge in [0.1, 0.15) is 0 Å². The molecule has 19 heavy (non-hydrogen) atoms. The van der Waals surface area contributed by atoms with Gasteiger partial charge in [-0.25, -0.2) is 0 Å². The first-order chi connectivity index (χ1) is 9.01. The molecule has 0 aliphatic rings. The summed E-state index contributed by atoms with van der Waals surface area (Å²) in [4.78, 5) is 23.7. The molecule has 0 aromatic heterocycles. The summed E-state index contributed by atoms with van der Waals surface area (Å²) in [5.41, 5.74) is 0.599. The van der Waals surface area contributed by atoms with Crippen molar-refractivity contribution in [3.63, 3.8) is 0 Å². The van der Waals surface area contributed by atoms with E-state index in [1.165, 1.54) is 12.0 Å². The lowest BCUT2D eigenvalue weighted by Crippen LogP contribution is -2.38. The highest BCUT2D eigenvalue weighted by atomic mass is 35.5. The van der Waals surface area contributed by atoms with Gasteiger partial charge in [0.15, 0.2) is 0 Å². The number of nitrogens with one attached hydrogen (secondary N) is 1. The number of carboxylic acids is 1. The molecule has 1 rings (SSSR count). The maximum absolute atomic E-state index is 11.7. The quantitative estimate of drug-likeness (QED) is 0.738. The zero-order chi connectivity index (χ0) is 14.3. The van der Waals surface area contributed by atoms with Gasteiger partial charge in [0.25, 0.3) is 0 Å². The van der Waals surface area contributed by atoms with Crippen molar-refractivity contribution in [1.82, 2.24) is 4.90 Å². The second-order valence-electron chi connectivity index (χ2n) is 3.85. The van der Waals surface area contributed by atoms with Crippen molar-refractivity contribution in [2.45, 2.75) is 0 Å². The number of benzene rings is 1. The fourth-order valence-corrected chi connectivity index (χ4v) is 1.58. The normalized spacial score (nSPS) is 10.5. The Kier molecular flexibility index (Phi) is 6.27. The lowest BCUT2D eigenvalue weighted by molar-refractivity contribution is -0.140. The molecule has 1 aromatic carbocycles. The van der Waals surface area contributed by atoms with Crippen LogP contribution in [0.3, 0.4) is 0 Å². The Morgan fingerprint density at radius 2 is 1.95 bits per heavy atom. The van der Waals surface area contributed by atoms with E-state index in [0.29, 0.717) is 10.7 Å². The number of aliphatic carboxylic acids is 1. The van der Waals surface area contributed by atoms with Crippen molar-refractivity contribution in [2.24, 2.45) is 0 Å². The zero-order valence-electron chi connectivity index (χ0n) is 10.4. The molecule has 2 N–H and O–H groups in total. The first-order valence-electron chi connectivity index (χ1n) is 5.49. The Labute approximate surface area is 115 Å². The molecular formula is C12H15ClN2O4. The van der Waals surface area contributed by atoms with Crippen LogP contribution in [0.25, 0.3) is 0 Å². The average molecular weight is 287 g/mol. The molecule has 0 saturated heterocycles. The monoisotopic (exact) mass is 286 g/mol. The Morgan fingerprint density at radius 3 is 2.47 bits per heavy atom. The van der Waals surface area contributed by atoms with Crippen LogP contribution in [0.5, 0.6) is 0 Å². The highest BCUT2D eigenvalue weighted by Crippen LogP contribution is 2.13. The molecule has 7 heteroatoms. The maximum Gasteiger partial charge on any atom is 0.317 e. The first kappa shape index (κ1) is 15.4. The van der Waals surface area contributed by atoms with Gasteiger partial charge in [0.2, 0.25) is 5.91 Å². The van der Waals surface area contributed by atoms with Crippen LogP contribution in [0, 0.1) is 0 Å². The maximum atomic E-state index is 11.7. The number of amides is 1. The number of carboxylic acid groups (broad SMARTS) is 1. The Hall–Kier alpha value is -1.63. The minimum Gasteiger partial charge on any atom is -0.480 e. The zero-order valence-corrected chi connectivity index (χ0v) is 11.2. The standard InChI is InChI=1S/C12H15ClN2O4/c1-19-8-15(7-12(17)18)6-11(16)14-10-4-2-9(13)3-5-10/h2-5H,6-8H2,1H3,(H,14,16)(H,17,18). The van der Waals surface area contributed by atoms with E-state index in [9.17, 15) is 9.59 Å². The molecular weight excluding hydrogens is 272 g/mol. The van der Waals surface area contributed by atoms with Crippen LogP contribution in [0.4, 0.5) is 5.69 Å². The second kappa shape index (κ2) is 7.73. The van der Waals surface area contributed by atoms with Gasteiger partial charge in [0, 0.05) is 17.8 Å². The van der Waals surface area contributed by atoms with Gasteiger partial charge in [-0.1, -0.05) is 11.6 Å². The molecule has 1 aromatic rings. The third-order valence-corrected chi connectivity index (χ3v) is 2.42. The van der Waals surface area contributed by atoms with Crippen LogP contribution in [0.2, 0.25) is 5.02 Å². The van der Waals surface area contributed by atoms with Crippen molar-refractivity contribution in [3.05, 3.63) is 29.3 Å². The molecule has 0 aliphatic carbocycles. The van der Waals surface area contributed by atoms with Crippen molar-refractivity contribution in [2.75, 3.05) is 32.2 Å². The Morgan fingerprint density at radius 1 is 1.32 bits per heavy atom. The van der Waals surface area contributed by atoms with Crippen molar-refractivity contribution < 1.29 is 19.4 Å². The molecule has 0 spiro atoms. The lowest BCUT2D eigenvalue weighted by Gasteiger charge is -2.18. The van der Waals surface area contributed by atoms with E-state index in [0.717, 1.165) is 0 Å². The van der Waals surface area contributed by atoms with Crippen molar-refractivity contribution in [3.8, 4) is 0 Å². The van der Waals surface area contributed by atoms with Gasteiger partial charge in [-0.2, -0.15) is 0 Å². The first-order valence-corrected chi connectivity index (χ1v) is 5.87. The summed E-state index contributed by atoms with van der Waals surface area (Å²) in [7, 11) is 1.44. The summed E-state index contributed by atoms with van der Waals surface area (Å²) in [6, 6.07) is 6.64. The van der Waals surface area contributed by atoms with Gasteiger partial charge in [-0.3, -0.25) is 14.5 Å². The Balaban J connectivity index is 2.52. The summed E-state index contributed by atoms with van der Waals surface area (Å²) in [6.45, 7) is -0.259. The SMILES string of the molecule is COCN(CC(=O)O)CC(=O)Nc1ccc(Cl)cc1. The predicted molar refractivity (Wildman–Crippen MR) is 71.2 cm³/mol. The number of methoxy groups -OCH3 is 1. The predicted octanol–water partition coefficient (Wildman–Crippen LogP) is 1.27. The fraction of sp³-hybridized carbons (Fsp3) is 0.333. The number of ether oxygens (including phenoxy) is 1. The van der Waals surface area contributed by atoms with E-state index in [1.807, 2.05) is 0 Å². The largest absolute Gasteiger partial charge is 0.480 e. The molecule has 0 saturated carbocycles. The van der Waals surface area contributed by atoms with Crippen LogP contribution in [0.1, 0.15) is 0 Å². The lowest BCUT2D eigenvalue weighted by atomic mass is 10.3. The smallest absolute Gasteiger partial charge is 0.317 e. The van der Waals surface area contributed by atoms with Gasteiger partial charge in [-0.15, -0.1) is 0 Å². The fourth-order valence-electron chi connectivity index (χ4n) is 1.46. The number of anilines is 1. The molecule has 0 heterocycles.